The number of fused-ring (bicyclic) bond motifs is 1. The summed E-state index contributed by atoms with van der Waals surface area (Å²) in [7, 11) is 0. The molecule has 0 atom stereocenters. The molecule has 0 unspecified atom stereocenters. The lowest BCUT2D eigenvalue weighted by Crippen LogP contribution is -2.09. The van der Waals surface area contributed by atoms with Crippen LogP contribution < -0.4 is 11.1 Å². The van der Waals surface area contributed by atoms with Crippen LogP contribution in [0.2, 0.25) is 0 Å². The Bertz CT molecular complexity index is 693. The van der Waals surface area contributed by atoms with Crippen LogP contribution in [0.15, 0.2) is 53.0 Å². The summed E-state index contributed by atoms with van der Waals surface area (Å²) >= 11 is 3.42. The standard InChI is InChI=1S/C15H11BrN2O/c16-10-6-7-12-11(8-10)13(15(19)18-12)14(17)9-4-2-1-3-5-9/h1-8H,17H2,(H,18,19). The Morgan fingerprint density at radius 1 is 1.11 bits per heavy atom. The van der Waals surface area contributed by atoms with Gasteiger partial charge in [-0.2, -0.15) is 0 Å². The number of nitrogens with one attached hydrogen (secondary N) is 1. The van der Waals surface area contributed by atoms with E-state index >= 15 is 0 Å². The van der Waals surface area contributed by atoms with Crippen molar-refractivity contribution in [1.82, 2.24) is 0 Å². The Hall–Kier alpha value is -2.07. The Morgan fingerprint density at radius 2 is 1.84 bits per heavy atom. The number of rotatable bonds is 1. The molecule has 1 amide bonds. The average molecular weight is 315 g/mol. The van der Waals surface area contributed by atoms with E-state index in [2.05, 4.69) is 21.2 Å². The molecule has 0 fully saturated rings. The van der Waals surface area contributed by atoms with Crippen molar-refractivity contribution in [2.24, 2.45) is 5.73 Å². The number of nitrogens with two attached hydrogens (primary N) is 1. The highest BCUT2D eigenvalue weighted by molar-refractivity contribution is 9.10. The lowest BCUT2D eigenvalue weighted by molar-refractivity contribution is -0.110. The van der Waals surface area contributed by atoms with Gasteiger partial charge in [-0.25, -0.2) is 0 Å². The van der Waals surface area contributed by atoms with Crippen molar-refractivity contribution in [2.75, 3.05) is 5.32 Å². The summed E-state index contributed by atoms with van der Waals surface area (Å²) in [4.78, 5) is 12.1. The molecule has 94 valence electrons. The summed E-state index contributed by atoms with van der Waals surface area (Å²) in [5.74, 6) is -0.158. The van der Waals surface area contributed by atoms with Crippen molar-refractivity contribution < 1.29 is 4.79 Å². The first kappa shape index (κ1) is 12.0. The normalized spacial score (nSPS) is 15.9. The highest BCUT2D eigenvalue weighted by atomic mass is 79.9. The largest absolute Gasteiger partial charge is 0.398 e. The van der Waals surface area contributed by atoms with Crippen LogP contribution in [0.1, 0.15) is 11.1 Å². The quantitative estimate of drug-likeness (QED) is 0.794. The first-order chi connectivity index (χ1) is 9.16. The van der Waals surface area contributed by atoms with Crippen LogP contribution >= 0.6 is 15.9 Å². The molecule has 3 N–H and O–H groups in total. The van der Waals surface area contributed by atoms with E-state index in [1.54, 1.807) is 0 Å². The van der Waals surface area contributed by atoms with E-state index in [4.69, 9.17) is 5.73 Å². The molecule has 2 aromatic carbocycles. The van der Waals surface area contributed by atoms with Gasteiger partial charge in [0.1, 0.15) is 0 Å². The molecule has 0 saturated carbocycles. The number of amides is 1. The molecule has 0 aromatic heterocycles. The zero-order valence-electron chi connectivity index (χ0n) is 9.98. The number of benzene rings is 2. The molecule has 0 saturated heterocycles. The Kier molecular flexibility index (Phi) is 2.87. The zero-order valence-corrected chi connectivity index (χ0v) is 11.6. The van der Waals surface area contributed by atoms with E-state index in [-0.39, 0.29) is 5.91 Å². The van der Waals surface area contributed by atoms with Crippen molar-refractivity contribution in [1.29, 1.82) is 0 Å². The molecule has 4 heteroatoms. The van der Waals surface area contributed by atoms with E-state index in [1.807, 2.05) is 48.5 Å². The SMILES string of the molecule is NC(=C1C(=O)Nc2ccc(Br)cc21)c1ccccc1. The fourth-order valence-electron chi connectivity index (χ4n) is 2.17. The van der Waals surface area contributed by atoms with Gasteiger partial charge in [0.15, 0.2) is 0 Å². The number of anilines is 1. The Labute approximate surface area is 119 Å². The summed E-state index contributed by atoms with van der Waals surface area (Å²) in [5, 5.41) is 2.83. The predicted octanol–water partition coefficient (Wildman–Crippen LogP) is 3.23. The van der Waals surface area contributed by atoms with Crippen molar-refractivity contribution >= 4 is 38.8 Å². The highest BCUT2D eigenvalue weighted by Gasteiger charge is 2.27. The van der Waals surface area contributed by atoms with E-state index < -0.39 is 0 Å². The second-order valence-electron chi connectivity index (χ2n) is 4.30. The second kappa shape index (κ2) is 4.55. The van der Waals surface area contributed by atoms with Crippen LogP contribution in [0.4, 0.5) is 5.69 Å². The van der Waals surface area contributed by atoms with Crippen molar-refractivity contribution in [3.8, 4) is 0 Å². The number of hydrogen-bond acceptors (Lipinski definition) is 2. The zero-order chi connectivity index (χ0) is 13.4. The third-order valence-electron chi connectivity index (χ3n) is 3.08. The first-order valence-electron chi connectivity index (χ1n) is 5.83. The summed E-state index contributed by atoms with van der Waals surface area (Å²) in [6.45, 7) is 0. The lowest BCUT2D eigenvalue weighted by atomic mass is 10.0. The molecule has 1 aliphatic heterocycles. The van der Waals surface area contributed by atoms with Gasteiger partial charge in [0.25, 0.3) is 5.91 Å². The minimum absolute atomic E-state index is 0.158. The Morgan fingerprint density at radius 3 is 2.58 bits per heavy atom. The van der Waals surface area contributed by atoms with Crippen LogP contribution in [0.3, 0.4) is 0 Å². The monoisotopic (exact) mass is 314 g/mol. The topological polar surface area (TPSA) is 55.1 Å². The van der Waals surface area contributed by atoms with Crippen molar-refractivity contribution in [2.45, 2.75) is 0 Å². The molecule has 0 aliphatic carbocycles. The van der Waals surface area contributed by atoms with E-state index in [0.717, 1.165) is 21.3 Å². The first-order valence-corrected chi connectivity index (χ1v) is 6.62. The Balaban J connectivity index is 2.21. The number of carbonyl (C=O) groups excluding carboxylic acids is 1. The maximum absolute atomic E-state index is 12.1. The maximum atomic E-state index is 12.1. The molecule has 2 aromatic rings. The van der Waals surface area contributed by atoms with E-state index in [9.17, 15) is 4.79 Å². The molecule has 0 radical (unpaired) electrons. The van der Waals surface area contributed by atoms with Crippen molar-refractivity contribution in [3.63, 3.8) is 0 Å². The van der Waals surface area contributed by atoms with Gasteiger partial charge in [0.2, 0.25) is 0 Å². The number of hydrogen-bond donors (Lipinski definition) is 2. The summed E-state index contributed by atoms with van der Waals surface area (Å²) in [6.07, 6.45) is 0. The van der Waals surface area contributed by atoms with Gasteiger partial charge in [-0.1, -0.05) is 46.3 Å². The van der Waals surface area contributed by atoms with Gasteiger partial charge < -0.3 is 11.1 Å². The molecule has 0 spiro atoms. The molecular weight excluding hydrogens is 304 g/mol. The van der Waals surface area contributed by atoms with E-state index in [0.29, 0.717) is 11.3 Å². The van der Waals surface area contributed by atoms with Gasteiger partial charge in [0.05, 0.1) is 11.3 Å². The fourth-order valence-corrected chi connectivity index (χ4v) is 2.53. The van der Waals surface area contributed by atoms with Crippen LogP contribution in [-0.2, 0) is 4.79 Å². The fraction of sp³-hybridized carbons (Fsp3) is 0. The van der Waals surface area contributed by atoms with Gasteiger partial charge >= 0.3 is 0 Å². The summed E-state index contributed by atoms with van der Waals surface area (Å²) in [5.41, 5.74) is 9.66. The average Bonchev–Trinajstić information content (AvgIpc) is 2.74. The number of carbonyl (C=O) groups is 1. The molecule has 1 aliphatic rings. The predicted molar refractivity (Wildman–Crippen MR) is 80.2 cm³/mol. The maximum Gasteiger partial charge on any atom is 0.258 e. The summed E-state index contributed by atoms with van der Waals surface area (Å²) < 4.78 is 0.918. The minimum Gasteiger partial charge on any atom is -0.398 e. The van der Waals surface area contributed by atoms with Gasteiger partial charge in [-0.3, -0.25) is 4.79 Å². The minimum atomic E-state index is -0.158. The van der Waals surface area contributed by atoms with E-state index in [1.165, 1.54) is 0 Å². The van der Waals surface area contributed by atoms with Crippen LogP contribution in [0.5, 0.6) is 0 Å². The van der Waals surface area contributed by atoms with Gasteiger partial charge in [-0.15, -0.1) is 0 Å². The van der Waals surface area contributed by atoms with Crippen LogP contribution in [0, 0.1) is 0 Å². The van der Waals surface area contributed by atoms with Gasteiger partial charge in [0, 0.05) is 15.7 Å². The summed E-state index contributed by atoms with van der Waals surface area (Å²) in [6, 6.07) is 15.2. The molecule has 19 heavy (non-hydrogen) atoms. The van der Waals surface area contributed by atoms with Crippen LogP contribution in [0.25, 0.3) is 11.3 Å². The third kappa shape index (κ3) is 2.04. The molecule has 0 bridgehead atoms. The third-order valence-corrected chi connectivity index (χ3v) is 3.57. The lowest BCUT2D eigenvalue weighted by Gasteiger charge is -2.06. The molecule has 1 heterocycles. The molecule has 3 nitrogen and oxygen atoms in total. The highest BCUT2D eigenvalue weighted by Crippen LogP contribution is 2.36. The second-order valence-corrected chi connectivity index (χ2v) is 5.21. The van der Waals surface area contributed by atoms with Crippen molar-refractivity contribution in [3.05, 3.63) is 64.1 Å². The van der Waals surface area contributed by atoms with Gasteiger partial charge in [-0.05, 0) is 23.8 Å². The van der Waals surface area contributed by atoms with Crippen LogP contribution in [-0.4, -0.2) is 5.91 Å². The smallest absolute Gasteiger partial charge is 0.258 e. The molecule has 3 rings (SSSR count). The number of halogens is 1. The molecular formula is C15H11BrN2O.